The third kappa shape index (κ3) is 2.64. The smallest absolute Gasteiger partial charge is 0.338 e. The van der Waals surface area contributed by atoms with Gasteiger partial charge in [-0.05, 0) is 12.1 Å². The molecule has 5 heteroatoms. The third-order valence-electron chi connectivity index (χ3n) is 1.18. The molecule has 0 heterocycles. The van der Waals surface area contributed by atoms with Gasteiger partial charge in [0.25, 0.3) is 0 Å². The van der Waals surface area contributed by atoms with Gasteiger partial charge in [0.2, 0.25) is 0 Å². The van der Waals surface area contributed by atoms with Crippen LogP contribution in [0, 0.1) is 0 Å². The summed E-state index contributed by atoms with van der Waals surface area (Å²) in [5.74, 6) is -1.11. The van der Waals surface area contributed by atoms with E-state index in [1.165, 1.54) is 12.1 Å². The summed E-state index contributed by atoms with van der Waals surface area (Å²) < 4.78 is 0. The van der Waals surface area contributed by atoms with E-state index in [1.807, 2.05) is 0 Å². The first kappa shape index (κ1) is 12.3. The fourth-order valence-electron chi connectivity index (χ4n) is 0.702. The number of hydrogen-bond donors (Lipinski definition) is 1. The van der Waals surface area contributed by atoms with Gasteiger partial charge in [-0.1, -0.05) is 29.3 Å². The van der Waals surface area contributed by atoms with Crippen LogP contribution >= 0.6 is 23.2 Å². The van der Waals surface area contributed by atoms with Gasteiger partial charge in [-0.25, -0.2) is 4.79 Å². The van der Waals surface area contributed by atoms with Crippen molar-refractivity contribution in [1.29, 1.82) is 0 Å². The molecule has 59 valence electrons. The molecule has 1 radical (unpaired) electrons. The molecule has 0 aromatic heterocycles. The van der Waals surface area contributed by atoms with Gasteiger partial charge in [0.1, 0.15) is 0 Å². The number of halogens is 2. The average Bonchev–Trinajstić information content (AvgIpc) is 1.85. The first-order chi connectivity index (χ1) is 5.13. The second-order valence-electron chi connectivity index (χ2n) is 1.90. The second-order valence-corrected chi connectivity index (χ2v) is 2.72. The average molecular weight is 214 g/mol. The number of rotatable bonds is 1. The number of carboxylic acids is 1. The summed E-state index contributed by atoms with van der Waals surface area (Å²) >= 11 is 11.1. The molecule has 0 spiro atoms. The molecule has 0 aliphatic rings. The van der Waals surface area contributed by atoms with Gasteiger partial charge in [-0.15, -0.1) is 0 Å². The fourth-order valence-corrected chi connectivity index (χ4v) is 1.26. The maximum Gasteiger partial charge on any atom is 0.338 e. The Hall–Kier alpha value is 0.270. The number of carboxylic acid groups (broad SMARTS) is 1. The summed E-state index contributed by atoms with van der Waals surface area (Å²) in [6, 6.07) is 4.56. The van der Waals surface area contributed by atoms with Gasteiger partial charge in [-0.3, -0.25) is 0 Å². The first-order valence-electron chi connectivity index (χ1n) is 2.80. The number of hydrogen-bond acceptors (Lipinski definition) is 1. The van der Waals surface area contributed by atoms with Crippen molar-refractivity contribution in [3.63, 3.8) is 0 Å². The summed E-state index contributed by atoms with van der Waals surface area (Å²) in [7, 11) is 0. The zero-order valence-electron chi connectivity index (χ0n) is 6.34. The maximum absolute atomic E-state index is 10.5. The molecular formula is C7H4Cl2NaO2. The molecule has 0 saturated heterocycles. The Morgan fingerprint density at radius 3 is 1.92 bits per heavy atom. The molecule has 0 bridgehead atoms. The van der Waals surface area contributed by atoms with E-state index in [9.17, 15) is 4.79 Å². The Morgan fingerprint density at radius 1 is 1.25 bits per heavy atom. The quantitative estimate of drug-likeness (QED) is 0.728. The van der Waals surface area contributed by atoms with Gasteiger partial charge in [0.15, 0.2) is 0 Å². The minimum absolute atomic E-state index is 0. The van der Waals surface area contributed by atoms with Gasteiger partial charge in [0.05, 0.1) is 15.6 Å². The largest absolute Gasteiger partial charge is 0.478 e. The summed E-state index contributed by atoms with van der Waals surface area (Å²) in [6.07, 6.45) is 0. The molecule has 2 nitrogen and oxygen atoms in total. The molecule has 0 fully saturated rings. The molecule has 0 atom stereocenters. The van der Waals surface area contributed by atoms with Crippen LogP contribution in [-0.4, -0.2) is 40.6 Å². The summed E-state index contributed by atoms with van der Waals surface area (Å²) in [6.45, 7) is 0. The van der Waals surface area contributed by atoms with Crippen LogP contribution in [0.4, 0.5) is 0 Å². The summed E-state index contributed by atoms with van der Waals surface area (Å²) in [4.78, 5) is 10.5. The van der Waals surface area contributed by atoms with Crippen molar-refractivity contribution in [2.45, 2.75) is 0 Å². The van der Waals surface area contributed by atoms with E-state index in [4.69, 9.17) is 28.3 Å². The van der Waals surface area contributed by atoms with Crippen LogP contribution in [-0.2, 0) is 0 Å². The Kier molecular flexibility index (Phi) is 5.21. The minimum Gasteiger partial charge on any atom is -0.478 e. The topological polar surface area (TPSA) is 37.3 Å². The fraction of sp³-hybridized carbons (Fsp3) is 0. The summed E-state index contributed by atoms with van der Waals surface area (Å²) in [5, 5.41) is 8.89. The second kappa shape index (κ2) is 5.10. The van der Waals surface area contributed by atoms with E-state index in [-0.39, 0.29) is 45.2 Å². The van der Waals surface area contributed by atoms with E-state index in [0.29, 0.717) is 0 Å². The standard InChI is InChI=1S/C7H4Cl2O2.Na/c8-4-2-1-3-5(9)6(4)7(10)11;/h1-3H,(H,10,11);. The molecule has 0 unspecified atom stereocenters. The molecule has 0 aliphatic heterocycles. The Balaban J connectivity index is 0.00000121. The van der Waals surface area contributed by atoms with Crippen molar-refractivity contribution in [1.82, 2.24) is 0 Å². The Bertz CT molecular complexity index is 281. The van der Waals surface area contributed by atoms with E-state index >= 15 is 0 Å². The van der Waals surface area contributed by atoms with Crippen LogP contribution in [0.1, 0.15) is 10.4 Å². The molecule has 0 saturated carbocycles. The van der Waals surface area contributed by atoms with Crippen molar-refractivity contribution in [3.8, 4) is 0 Å². The molecule has 1 rings (SSSR count). The molecule has 0 amide bonds. The van der Waals surface area contributed by atoms with Crippen LogP contribution < -0.4 is 0 Å². The van der Waals surface area contributed by atoms with Crippen molar-refractivity contribution < 1.29 is 9.90 Å². The van der Waals surface area contributed by atoms with E-state index in [2.05, 4.69) is 0 Å². The van der Waals surface area contributed by atoms with Crippen LogP contribution in [0.2, 0.25) is 10.0 Å². The molecule has 1 aromatic rings. The van der Waals surface area contributed by atoms with Gasteiger partial charge in [0, 0.05) is 29.6 Å². The molecule has 12 heavy (non-hydrogen) atoms. The van der Waals surface area contributed by atoms with Crippen LogP contribution in [0.3, 0.4) is 0 Å². The van der Waals surface area contributed by atoms with Crippen LogP contribution in [0.25, 0.3) is 0 Å². The molecule has 0 aliphatic carbocycles. The predicted molar refractivity (Wildman–Crippen MR) is 49.2 cm³/mol. The zero-order valence-corrected chi connectivity index (χ0v) is 9.86. The van der Waals surface area contributed by atoms with Crippen LogP contribution in [0.5, 0.6) is 0 Å². The molecule has 1 aromatic carbocycles. The SMILES string of the molecule is O=C(O)c1c(Cl)cccc1Cl.[Na]. The Morgan fingerprint density at radius 2 is 1.67 bits per heavy atom. The van der Waals surface area contributed by atoms with E-state index in [1.54, 1.807) is 6.07 Å². The van der Waals surface area contributed by atoms with E-state index < -0.39 is 5.97 Å². The van der Waals surface area contributed by atoms with Crippen LogP contribution in [0.15, 0.2) is 18.2 Å². The van der Waals surface area contributed by atoms with Crippen molar-refractivity contribution in [2.75, 3.05) is 0 Å². The Labute approximate surface area is 102 Å². The first-order valence-corrected chi connectivity index (χ1v) is 3.56. The van der Waals surface area contributed by atoms with Gasteiger partial charge in [-0.2, -0.15) is 0 Å². The molecule has 1 N–H and O–H groups in total. The number of aromatic carboxylic acids is 1. The summed E-state index contributed by atoms with van der Waals surface area (Å²) in [5.41, 5.74) is -0.0455. The predicted octanol–water partition coefficient (Wildman–Crippen LogP) is 2.31. The molecular weight excluding hydrogens is 210 g/mol. The monoisotopic (exact) mass is 213 g/mol. The van der Waals surface area contributed by atoms with E-state index in [0.717, 1.165) is 0 Å². The zero-order chi connectivity index (χ0) is 8.43. The van der Waals surface area contributed by atoms with Crippen molar-refractivity contribution in [3.05, 3.63) is 33.8 Å². The van der Waals surface area contributed by atoms with Gasteiger partial charge >= 0.3 is 5.97 Å². The minimum atomic E-state index is -1.11. The number of benzene rings is 1. The van der Waals surface area contributed by atoms with Gasteiger partial charge < -0.3 is 5.11 Å². The maximum atomic E-state index is 10.5. The normalized spacial score (nSPS) is 8.83. The number of carbonyl (C=O) groups is 1. The van der Waals surface area contributed by atoms with Crippen molar-refractivity contribution in [2.24, 2.45) is 0 Å². The van der Waals surface area contributed by atoms with Crippen molar-refractivity contribution >= 4 is 58.7 Å². The third-order valence-corrected chi connectivity index (χ3v) is 1.81.